The van der Waals surface area contributed by atoms with Gasteiger partial charge in [0.25, 0.3) is 5.91 Å². The zero-order valence-electron chi connectivity index (χ0n) is 17.0. The van der Waals surface area contributed by atoms with Crippen molar-refractivity contribution in [2.75, 3.05) is 11.4 Å². The van der Waals surface area contributed by atoms with Gasteiger partial charge in [-0.3, -0.25) is 9.78 Å². The Morgan fingerprint density at radius 3 is 2.83 bits per heavy atom. The van der Waals surface area contributed by atoms with Gasteiger partial charge in [0.1, 0.15) is 10.8 Å². The third-order valence-corrected chi connectivity index (χ3v) is 6.10. The number of ether oxygens (including phenoxy) is 1. The molecule has 1 unspecified atom stereocenters. The summed E-state index contributed by atoms with van der Waals surface area (Å²) in [7, 11) is 0. The van der Waals surface area contributed by atoms with Gasteiger partial charge >= 0.3 is 0 Å². The van der Waals surface area contributed by atoms with Crippen LogP contribution in [0.2, 0.25) is 0 Å². The number of rotatable bonds is 6. The Bertz CT molecular complexity index is 1020. The molecule has 1 atom stereocenters. The second-order valence-electron chi connectivity index (χ2n) is 7.28. The quantitative estimate of drug-likeness (QED) is 0.507. The maximum atomic E-state index is 12.8. The maximum Gasteiger partial charge on any atom is 0.267 e. The number of amides is 1. The summed E-state index contributed by atoms with van der Waals surface area (Å²) in [5, 5.41) is 0.900. The zero-order chi connectivity index (χ0) is 20.4. The summed E-state index contributed by atoms with van der Waals surface area (Å²) in [6.45, 7) is 6.77. The summed E-state index contributed by atoms with van der Waals surface area (Å²) < 4.78 is 5.86. The number of fused-ring (bicyclic) bond motifs is 1. The van der Waals surface area contributed by atoms with E-state index in [2.05, 4.69) is 18.8 Å². The van der Waals surface area contributed by atoms with E-state index < -0.39 is 6.10 Å². The van der Waals surface area contributed by atoms with Crippen molar-refractivity contribution in [1.29, 1.82) is 0 Å². The van der Waals surface area contributed by atoms with Crippen LogP contribution in [0.3, 0.4) is 0 Å². The van der Waals surface area contributed by atoms with Crippen molar-refractivity contribution in [3.63, 3.8) is 0 Å². The second kappa shape index (κ2) is 8.33. The molecule has 1 aliphatic heterocycles. The van der Waals surface area contributed by atoms with Crippen molar-refractivity contribution in [2.24, 2.45) is 0 Å². The van der Waals surface area contributed by atoms with Crippen LogP contribution in [0.25, 0.3) is 22.0 Å². The van der Waals surface area contributed by atoms with Gasteiger partial charge in [0.05, 0.1) is 17.1 Å². The number of carbonyl (C=O) groups is 1. The predicted octanol–water partition coefficient (Wildman–Crippen LogP) is 5.48. The van der Waals surface area contributed by atoms with E-state index in [0.29, 0.717) is 6.54 Å². The van der Waals surface area contributed by atoms with Crippen LogP contribution in [-0.2, 0) is 4.79 Å². The minimum Gasteiger partial charge on any atom is -0.479 e. The van der Waals surface area contributed by atoms with Gasteiger partial charge in [-0.1, -0.05) is 25.8 Å². The fourth-order valence-electron chi connectivity index (χ4n) is 3.57. The lowest BCUT2D eigenvalue weighted by Gasteiger charge is -2.33. The van der Waals surface area contributed by atoms with Crippen LogP contribution in [0.1, 0.15) is 38.0 Å². The molecule has 4 rings (SSSR count). The zero-order valence-corrected chi connectivity index (χ0v) is 17.8. The van der Waals surface area contributed by atoms with Crippen molar-refractivity contribution in [2.45, 2.75) is 46.1 Å². The molecule has 0 bridgehead atoms. The first-order chi connectivity index (χ1) is 14.1. The van der Waals surface area contributed by atoms with Crippen LogP contribution in [0.5, 0.6) is 5.75 Å². The summed E-state index contributed by atoms with van der Waals surface area (Å²) in [5.41, 5.74) is 3.64. The summed E-state index contributed by atoms with van der Waals surface area (Å²) >= 11 is 1.63. The minimum absolute atomic E-state index is 0.0231. The molecule has 0 N–H and O–H groups in total. The van der Waals surface area contributed by atoms with Crippen LogP contribution >= 0.6 is 11.3 Å². The molecule has 1 aliphatic rings. The summed E-state index contributed by atoms with van der Waals surface area (Å²) in [6.07, 6.45) is 4.54. The van der Waals surface area contributed by atoms with Gasteiger partial charge in [0, 0.05) is 23.2 Å². The first kappa shape index (κ1) is 19.6. The number of carbonyl (C=O) groups excluding carboxylic acids is 1. The Hall–Kier alpha value is -2.73. The van der Waals surface area contributed by atoms with E-state index in [1.54, 1.807) is 17.5 Å². The summed E-state index contributed by atoms with van der Waals surface area (Å²) in [6, 6.07) is 11.9. The van der Waals surface area contributed by atoms with Crippen molar-refractivity contribution in [3.8, 4) is 27.7 Å². The molecule has 0 spiro atoms. The fourth-order valence-corrected chi connectivity index (χ4v) is 4.48. The minimum atomic E-state index is -0.452. The average molecular weight is 408 g/mol. The van der Waals surface area contributed by atoms with Gasteiger partial charge < -0.3 is 9.64 Å². The topological polar surface area (TPSA) is 55.3 Å². The largest absolute Gasteiger partial charge is 0.479 e. The predicted molar refractivity (Wildman–Crippen MR) is 117 cm³/mol. The molecule has 0 radical (unpaired) electrons. The fraction of sp³-hybridized carbons (Fsp3) is 0.348. The lowest BCUT2D eigenvalue weighted by Crippen LogP contribution is -2.44. The Kier molecular flexibility index (Phi) is 5.62. The first-order valence-electron chi connectivity index (χ1n) is 10.1. The van der Waals surface area contributed by atoms with E-state index in [-0.39, 0.29) is 5.91 Å². The number of unbranched alkanes of at least 4 members (excludes halogenated alkanes) is 2. The maximum absolute atomic E-state index is 12.8. The third kappa shape index (κ3) is 3.90. The number of benzene rings is 1. The molecular formula is C23H25N3O2S. The van der Waals surface area contributed by atoms with Gasteiger partial charge in [0.2, 0.25) is 0 Å². The summed E-state index contributed by atoms with van der Waals surface area (Å²) in [5.74, 6) is 0.783. The van der Waals surface area contributed by atoms with Crippen molar-refractivity contribution in [1.82, 2.24) is 9.97 Å². The molecule has 0 fully saturated rings. The highest BCUT2D eigenvalue weighted by Gasteiger charge is 2.31. The molecule has 6 heteroatoms. The molecule has 1 amide bonds. The van der Waals surface area contributed by atoms with E-state index >= 15 is 0 Å². The smallest absolute Gasteiger partial charge is 0.267 e. The van der Waals surface area contributed by atoms with Crippen LogP contribution in [0.15, 0.2) is 42.6 Å². The van der Waals surface area contributed by atoms with Crippen LogP contribution in [0, 0.1) is 6.92 Å². The highest BCUT2D eigenvalue weighted by molar-refractivity contribution is 7.15. The molecule has 1 aromatic carbocycles. The van der Waals surface area contributed by atoms with Crippen LogP contribution < -0.4 is 9.64 Å². The van der Waals surface area contributed by atoms with Gasteiger partial charge in [-0.25, -0.2) is 4.98 Å². The number of aromatic nitrogens is 2. The van der Waals surface area contributed by atoms with Gasteiger partial charge in [0.15, 0.2) is 6.10 Å². The van der Waals surface area contributed by atoms with Crippen molar-refractivity contribution < 1.29 is 9.53 Å². The lowest BCUT2D eigenvalue weighted by molar-refractivity contribution is -0.125. The normalized spacial score (nSPS) is 15.9. The lowest BCUT2D eigenvalue weighted by atomic mass is 10.1. The highest BCUT2D eigenvalue weighted by Crippen LogP contribution is 2.40. The van der Waals surface area contributed by atoms with E-state index in [1.807, 2.05) is 48.2 Å². The number of nitrogens with zero attached hydrogens (tertiary/aromatic N) is 3. The molecule has 0 saturated carbocycles. The van der Waals surface area contributed by atoms with Gasteiger partial charge in [-0.05, 0) is 50.6 Å². The monoisotopic (exact) mass is 407 g/mol. The highest BCUT2D eigenvalue weighted by atomic mass is 32.1. The Morgan fingerprint density at radius 1 is 1.21 bits per heavy atom. The first-order valence-corrected chi connectivity index (χ1v) is 10.9. The third-order valence-electron chi connectivity index (χ3n) is 5.11. The molecule has 0 saturated heterocycles. The molecule has 0 aliphatic carbocycles. The number of hydrogen-bond donors (Lipinski definition) is 0. The number of thiazole rings is 1. The second-order valence-corrected chi connectivity index (χ2v) is 8.48. The van der Waals surface area contributed by atoms with E-state index in [9.17, 15) is 4.79 Å². The average Bonchev–Trinajstić information content (AvgIpc) is 3.13. The van der Waals surface area contributed by atoms with E-state index in [4.69, 9.17) is 9.72 Å². The molecular weight excluding hydrogens is 382 g/mol. The number of hydrogen-bond acceptors (Lipinski definition) is 5. The molecule has 29 heavy (non-hydrogen) atoms. The van der Waals surface area contributed by atoms with Crippen molar-refractivity contribution >= 4 is 22.9 Å². The van der Waals surface area contributed by atoms with Crippen LogP contribution in [0.4, 0.5) is 5.69 Å². The van der Waals surface area contributed by atoms with Crippen LogP contribution in [-0.4, -0.2) is 28.5 Å². The molecule has 3 heterocycles. The standard InChI is InChI=1S/C23H25N3O2S/c1-4-5-8-13-26-19-14-17(10-11-20(19)28-15(2)23(26)27)21-16(3)29-22(25-21)18-9-6-7-12-24-18/h6-7,9-12,14-15H,4-5,8,13H2,1-3H3. The molecule has 3 aromatic rings. The Balaban J connectivity index is 1.71. The molecule has 2 aromatic heterocycles. The Morgan fingerprint density at radius 2 is 2.07 bits per heavy atom. The SMILES string of the molecule is CCCCCN1C(=O)C(C)Oc2ccc(-c3nc(-c4ccccn4)sc3C)cc21. The van der Waals surface area contributed by atoms with Crippen molar-refractivity contribution in [3.05, 3.63) is 47.5 Å². The number of pyridine rings is 1. The summed E-state index contributed by atoms with van der Waals surface area (Å²) in [4.78, 5) is 25.0. The Labute approximate surface area is 175 Å². The number of aryl methyl sites for hydroxylation is 1. The van der Waals surface area contributed by atoms with Gasteiger partial charge in [-0.2, -0.15) is 0 Å². The van der Waals surface area contributed by atoms with E-state index in [0.717, 1.165) is 57.5 Å². The number of anilines is 1. The van der Waals surface area contributed by atoms with E-state index in [1.165, 1.54) is 0 Å². The molecule has 5 nitrogen and oxygen atoms in total. The van der Waals surface area contributed by atoms with Gasteiger partial charge in [-0.15, -0.1) is 11.3 Å². The molecule has 150 valence electrons.